The van der Waals surface area contributed by atoms with E-state index < -0.39 is 11.8 Å². The molecular weight excluding hydrogens is 320 g/mol. The topological polar surface area (TPSA) is 82.6 Å². The third-order valence-corrected chi connectivity index (χ3v) is 3.65. The van der Waals surface area contributed by atoms with Gasteiger partial charge < -0.3 is 15.1 Å². The SMILES string of the molecule is CC(C)NC(=O)C(=O)N1CCN(C(=O)c2ccnc(Cl)c2)CC1. The van der Waals surface area contributed by atoms with Crippen molar-refractivity contribution in [3.63, 3.8) is 0 Å². The van der Waals surface area contributed by atoms with E-state index in [1.54, 1.807) is 24.8 Å². The van der Waals surface area contributed by atoms with Gasteiger partial charge in [-0.3, -0.25) is 14.4 Å². The molecule has 0 bridgehead atoms. The van der Waals surface area contributed by atoms with Gasteiger partial charge in [0, 0.05) is 44.0 Å². The number of aromatic nitrogens is 1. The number of amides is 3. The van der Waals surface area contributed by atoms with Gasteiger partial charge in [0.2, 0.25) is 0 Å². The van der Waals surface area contributed by atoms with Gasteiger partial charge >= 0.3 is 11.8 Å². The molecule has 0 atom stereocenters. The number of carbonyl (C=O) groups is 3. The first-order chi connectivity index (χ1) is 10.9. The zero-order chi connectivity index (χ0) is 17.0. The van der Waals surface area contributed by atoms with E-state index >= 15 is 0 Å². The Kier molecular flexibility index (Phi) is 5.54. The van der Waals surface area contributed by atoms with Crippen molar-refractivity contribution in [2.75, 3.05) is 26.2 Å². The number of nitrogens with zero attached hydrogens (tertiary/aromatic N) is 3. The monoisotopic (exact) mass is 338 g/mol. The van der Waals surface area contributed by atoms with Crippen LogP contribution >= 0.6 is 11.6 Å². The number of halogens is 1. The minimum Gasteiger partial charge on any atom is -0.346 e. The molecule has 0 aromatic carbocycles. The van der Waals surface area contributed by atoms with Crippen LogP contribution in [0.3, 0.4) is 0 Å². The van der Waals surface area contributed by atoms with Gasteiger partial charge in [0.15, 0.2) is 0 Å². The van der Waals surface area contributed by atoms with Gasteiger partial charge in [-0.25, -0.2) is 4.98 Å². The van der Waals surface area contributed by atoms with Crippen LogP contribution < -0.4 is 5.32 Å². The van der Waals surface area contributed by atoms with Crippen LogP contribution in [-0.4, -0.2) is 64.7 Å². The van der Waals surface area contributed by atoms with E-state index in [1.807, 2.05) is 0 Å². The summed E-state index contributed by atoms with van der Waals surface area (Å²) in [6.07, 6.45) is 1.48. The van der Waals surface area contributed by atoms with E-state index in [1.165, 1.54) is 17.2 Å². The minimum absolute atomic E-state index is 0.0919. The lowest BCUT2D eigenvalue weighted by Crippen LogP contribution is -2.54. The fourth-order valence-electron chi connectivity index (χ4n) is 2.30. The lowest BCUT2D eigenvalue weighted by Gasteiger charge is -2.34. The molecule has 0 unspecified atom stereocenters. The van der Waals surface area contributed by atoms with Crippen molar-refractivity contribution in [1.82, 2.24) is 20.1 Å². The number of carbonyl (C=O) groups excluding carboxylic acids is 3. The van der Waals surface area contributed by atoms with E-state index in [4.69, 9.17) is 11.6 Å². The van der Waals surface area contributed by atoms with Gasteiger partial charge in [0.05, 0.1) is 0 Å². The zero-order valence-electron chi connectivity index (χ0n) is 13.1. The van der Waals surface area contributed by atoms with Gasteiger partial charge in [-0.1, -0.05) is 11.6 Å². The van der Waals surface area contributed by atoms with E-state index in [9.17, 15) is 14.4 Å². The molecule has 2 heterocycles. The highest BCUT2D eigenvalue weighted by Crippen LogP contribution is 2.12. The van der Waals surface area contributed by atoms with Crippen LogP contribution in [0.15, 0.2) is 18.3 Å². The number of nitrogens with one attached hydrogen (secondary N) is 1. The van der Waals surface area contributed by atoms with Crippen LogP contribution in [0.5, 0.6) is 0 Å². The largest absolute Gasteiger partial charge is 0.346 e. The molecule has 1 aliphatic rings. The predicted molar refractivity (Wildman–Crippen MR) is 85.0 cm³/mol. The number of piperazine rings is 1. The van der Waals surface area contributed by atoms with Gasteiger partial charge in [-0.05, 0) is 26.0 Å². The Morgan fingerprint density at radius 3 is 2.35 bits per heavy atom. The number of hydrogen-bond acceptors (Lipinski definition) is 4. The third-order valence-electron chi connectivity index (χ3n) is 3.44. The normalized spacial score (nSPS) is 14.8. The first-order valence-corrected chi connectivity index (χ1v) is 7.77. The van der Waals surface area contributed by atoms with Crippen molar-refractivity contribution in [3.8, 4) is 0 Å². The fourth-order valence-corrected chi connectivity index (χ4v) is 2.47. The van der Waals surface area contributed by atoms with E-state index in [0.717, 1.165) is 0 Å². The Hall–Kier alpha value is -2.15. The molecular formula is C15H19ClN4O3. The Morgan fingerprint density at radius 1 is 1.17 bits per heavy atom. The summed E-state index contributed by atoms with van der Waals surface area (Å²) in [5.74, 6) is -1.33. The Balaban J connectivity index is 1.92. The molecule has 1 aliphatic heterocycles. The molecule has 1 saturated heterocycles. The second-order valence-corrected chi connectivity index (χ2v) is 5.97. The van der Waals surface area contributed by atoms with Gasteiger partial charge in [-0.15, -0.1) is 0 Å². The summed E-state index contributed by atoms with van der Waals surface area (Å²) in [5.41, 5.74) is 0.460. The molecule has 1 aromatic rings. The molecule has 1 aromatic heterocycles. The summed E-state index contributed by atoms with van der Waals surface area (Å²) in [4.78, 5) is 43.0. The van der Waals surface area contributed by atoms with Crippen LogP contribution in [0.1, 0.15) is 24.2 Å². The van der Waals surface area contributed by atoms with Crippen molar-refractivity contribution in [3.05, 3.63) is 29.0 Å². The molecule has 0 saturated carbocycles. The Labute approximate surface area is 139 Å². The van der Waals surface area contributed by atoms with Gasteiger partial charge in [0.25, 0.3) is 5.91 Å². The molecule has 0 aliphatic carbocycles. The molecule has 8 heteroatoms. The molecule has 3 amide bonds. The summed E-state index contributed by atoms with van der Waals surface area (Å²) in [6, 6.07) is 3.02. The molecule has 1 fully saturated rings. The molecule has 7 nitrogen and oxygen atoms in total. The van der Waals surface area contributed by atoms with E-state index in [2.05, 4.69) is 10.3 Å². The van der Waals surface area contributed by atoms with Crippen molar-refractivity contribution in [2.24, 2.45) is 0 Å². The number of hydrogen-bond donors (Lipinski definition) is 1. The van der Waals surface area contributed by atoms with Crippen molar-refractivity contribution >= 4 is 29.3 Å². The number of pyridine rings is 1. The second-order valence-electron chi connectivity index (χ2n) is 5.58. The molecule has 23 heavy (non-hydrogen) atoms. The van der Waals surface area contributed by atoms with Crippen LogP contribution in [-0.2, 0) is 9.59 Å². The maximum absolute atomic E-state index is 12.4. The standard InChI is InChI=1S/C15H19ClN4O3/c1-10(2)18-13(21)15(23)20-7-5-19(6-8-20)14(22)11-3-4-17-12(16)9-11/h3-4,9-10H,5-8H2,1-2H3,(H,18,21). The van der Waals surface area contributed by atoms with Gasteiger partial charge in [0.1, 0.15) is 5.15 Å². The van der Waals surface area contributed by atoms with Crippen LogP contribution in [0.2, 0.25) is 5.15 Å². The average molecular weight is 339 g/mol. The summed E-state index contributed by atoms with van der Waals surface area (Å²) in [6.45, 7) is 4.99. The zero-order valence-corrected chi connectivity index (χ0v) is 13.8. The van der Waals surface area contributed by atoms with Crippen LogP contribution in [0.4, 0.5) is 0 Å². The minimum atomic E-state index is -0.610. The molecule has 1 N–H and O–H groups in total. The molecule has 124 valence electrons. The quantitative estimate of drug-likeness (QED) is 0.630. The first-order valence-electron chi connectivity index (χ1n) is 7.39. The first kappa shape index (κ1) is 17.2. The predicted octanol–water partition coefficient (Wildman–Crippen LogP) is 0.544. The maximum atomic E-state index is 12.4. The Morgan fingerprint density at radius 2 is 1.78 bits per heavy atom. The second kappa shape index (κ2) is 7.41. The average Bonchev–Trinajstić information content (AvgIpc) is 2.53. The van der Waals surface area contributed by atoms with Crippen molar-refractivity contribution in [1.29, 1.82) is 0 Å². The summed E-state index contributed by atoms with van der Waals surface area (Å²) in [7, 11) is 0. The smallest absolute Gasteiger partial charge is 0.312 e. The van der Waals surface area contributed by atoms with Crippen LogP contribution in [0.25, 0.3) is 0 Å². The lowest BCUT2D eigenvalue weighted by molar-refractivity contribution is -0.147. The molecule has 0 radical (unpaired) electrons. The van der Waals surface area contributed by atoms with Crippen LogP contribution in [0, 0.1) is 0 Å². The highest BCUT2D eigenvalue weighted by atomic mass is 35.5. The van der Waals surface area contributed by atoms with Gasteiger partial charge in [-0.2, -0.15) is 0 Å². The highest BCUT2D eigenvalue weighted by molar-refractivity contribution is 6.35. The van der Waals surface area contributed by atoms with E-state index in [0.29, 0.717) is 31.7 Å². The highest BCUT2D eigenvalue weighted by Gasteiger charge is 2.28. The summed E-state index contributed by atoms with van der Waals surface area (Å²) >= 11 is 5.79. The maximum Gasteiger partial charge on any atom is 0.312 e. The molecule has 2 rings (SSSR count). The summed E-state index contributed by atoms with van der Waals surface area (Å²) in [5, 5.41) is 2.83. The third kappa shape index (κ3) is 4.41. The number of rotatable bonds is 2. The Bertz CT molecular complexity index is 612. The van der Waals surface area contributed by atoms with E-state index in [-0.39, 0.29) is 17.1 Å². The van der Waals surface area contributed by atoms with Crippen molar-refractivity contribution in [2.45, 2.75) is 19.9 Å². The fraction of sp³-hybridized carbons (Fsp3) is 0.467. The lowest BCUT2D eigenvalue weighted by atomic mass is 10.2. The summed E-state index contributed by atoms with van der Waals surface area (Å²) < 4.78 is 0. The molecule has 0 spiro atoms. The van der Waals surface area contributed by atoms with Crippen molar-refractivity contribution < 1.29 is 14.4 Å².